The minimum absolute atomic E-state index is 0.0983. The monoisotopic (exact) mass is 235 g/mol. The van der Waals surface area contributed by atoms with Gasteiger partial charge in [-0.05, 0) is 25.3 Å². The van der Waals surface area contributed by atoms with Crippen LogP contribution in [0.2, 0.25) is 0 Å². The number of hydrogen-bond acceptors (Lipinski definition) is 4. The summed E-state index contributed by atoms with van der Waals surface area (Å²) in [5, 5.41) is 12.1. The molecule has 1 fully saturated rings. The Balaban J connectivity index is 2.04. The van der Waals surface area contributed by atoms with Gasteiger partial charge in [0.15, 0.2) is 0 Å². The van der Waals surface area contributed by atoms with Gasteiger partial charge in [0.2, 0.25) is 0 Å². The molecule has 92 valence electrons. The Morgan fingerprint density at radius 1 is 1.71 bits per heavy atom. The van der Waals surface area contributed by atoms with E-state index in [0.717, 1.165) is 12.3 Å². The number of nitrogens with two attached hydrogens (primary N) is 1. The number of carbonyl (C=O) groups is 1. The van der Waals surface area contributed by atoms with Gasteiger partial charge in [0, 0.05) is 6.04 Å². The van der Waals surface area contributed by atoms with E-state index >= 15 is 0 Å². The number of nitrogens with one attached hydrogen (secondary N) is 1. The maximum Gasteiger partial charge on any atom is 0.337 e. The molecule has 0 radical (unpaired) electrons. The Labute approximate surface area is 100 Å². The molecule has 0 amide bonds. The van der Waals surface area contributed by atoms with Crippen LogP contribution in [0, 0.1) is 5.92 Å². The molecule has 4 N–H and O–H groups in total. The van der Waals surface area contributed by atoms with Gasteiger partial charge in [-0.15, -0.1) is 0 Å². The standard InChI is InChI=1S/C12H17N3O2/c1-7(4-8-2-3-8)15-11-5-9(12(16)17)10(13)6-14-11/h5-8H,2-4,13H2,1H3,(H,14,15)(H,16,17). The SMILES string of the molecule is CC(CC1CC1)Nc1cc(C(=O)O)c(N)cn1. The second-order valence-electron chi connectivity index (χ2n) is 4.69. The van der Waals surface area contributed by atoms with Crippen molar-refractivity contribution in [3.63, 3.8) is 0 Å². The predicted octanol–water partition coefficient (Wildman–Crippen LogP) is 1.96. The number of aromatic carboxylic acids is 1. The molecule has 1 aliphatic rings. The molecule has 1 saturated carbocycles. The third kappa shape index (κ3) is 3.09. The van der Waals surface area contributed by atoms with Crippen molar-refractivity contribution in [2.24, 2.45) is 5.92 Å². The molecule has 0 bridgehead atoms. The molecule has 0 aromatic carbocycles. The fourth-order valence-electron chi connectivity index (χ4n) is 1.90. The molecular formula is C12H17N3O2. The first kappa shape index (κ1) is 11.7. The zero-order valence-corrected chi connectivity index (χ0v) is 9.81. The molecule has 1 heterocycles. The average Bonchev–Trinajstić information content (AvgIpc) is 3.04. The van der Waals surface area contributed by atoms with Gasteiger partial charge in [0.05, 0.1) is 17.4 Å². The van der Waals surface area contributed by atoms with Crippen LogP contribution in [0.3, 0.4) is 0 Å². The second-order valence-corrected chi connectivity index (χ2v) is 4.69. The van der Waals surface area contributed by atoms with Crippen LogP contribution in [0.4, 0.5) is 11.5 Å². The van der Waals surface area contributed by atoms with E-state index in [-0.39, 0.29) is 11.3 Å². The summed E-state index contributed by atoms with van der Waals surface area (Å²) in [6, 6.07) is 1.79. The highest BCUT2D eigenvalue weighted by Gasteiger charge is 2.23. The van der Waals surface area contributed by atoms with E-state index in [1.165, 1.54) is 25.1 Å². The molecular weight excluding hydrogens is 218 g/mol. The molecule has 17 heavy (non-hydrogen) atoms. The highest BCUT2D eigenvalue weighted by atomic mass is 16.4. The quantitative estimate of drug-likeness (QED) is 0.726. The number of anilines is 2. The number of hydrogen-bond donors (Lipinski definition) is 3. The van der Waals surface area contributed by atoms with Crippen LogP contribution in [0.1, 0.15) is 36.5 Å². The van der Waals surface area contributed by atoms with Crippen LogP contribution in [-0.2, 0) is 0 Å². The van der Waals surface area contributed by atoms with Crippen LogP contribution < -0.4 is 11.1 Å². The fourth-order valence-corrected chi connectivity index (χ4v) is 1.90. The fraction of sp³-hybridized carbons (Fsp3) is 0.500. The third-order valence-corrected chi connectivity index (χ3v) is 2.94. The van der Waals surface area contributed by atoms with Crippen molar-refractivity contribution in [2.45, 2.75) is 32.2 Å². The lowest BCUT2D eigenvalue weighted by Gasteiger charge is -2.14. The molecule has 2 rings (SSSR count). The molecule has 0 saturated heterocycles. The summed E-state index contributed by atoms with van der Waals surface area (Å²) < 4.78 is 0. The van der Waals surface area contributed by atoms with Crippen LogP contribution in [-0.4, -0.2) is 22.1 Å². The Hall–Kier alpha value is -1.78. The topological polar surface area (TPSA) is 88.2 Å². The lowest BCUT2D eigenvalue weighted by molar-refractivity contribution is 0.0698. The number of nitrogen functional groups attached to an aromatic ring is 1. The molecule has 0 spiro atoms. The van der Waals surface area contributed by atoms with Crippen molar-refractivity contribution in [3.05, 3.63) is 17.8 Å². The maximum atomic E-state index is 10.9. The summed E-state index contributed by atoms with van der Waals surface area (Å²) in [5.74, 6) is 0.373. The number of carboxylic acids is 1. The highest BCUT2D eigenvalue weighted by Crippen LogP contribution is 2.34. The van der Waals surface area contributed by atoms with E-state index in [0.29, 0.717) is 11.9 Å². The first-order valence-corrected chi connectivity index (χ1v) is 5.81. The Kier molecular flexibility index (Phi) is 3.17. The van der Waals surface area contributed by atoms with Crippen molar-refractivity contribution in [1.82, 2.24) is 4.98 Å². The normalized spacial score (nSPS) is 16.5. The van der Waals surface area contributed by atoms with Gasteiger partial charge in [0.25, 0.3) is 0 Å². The summed E-state index contributed by atoms with van der Waals surface area (Å²) in [6.07, 6.45) is 5.10. The predicted molar refractivity (Wildman–Crippen MR) is 66.0 cm³/mol. The molecule has 1 aromatic rings. The number of pyridine rings is 1. The highest BCUT2D eigenvalue weighted by molar-refractivity contribution is 5.94. The molecule has 5 heteroatoms. The minimum atomic E-state index is -1.03. The Bertz CT molecular complexity index is 430. The summed E-state index contributed by atoms with van der Waals surface area (Å²) >= 11 is 0. The Morgan fingerprint density at radius 3 is 3.00 bits per heavy atom. The second kappa shape index (κ2) is 4.61. The average molecular weight is 235 g/mol. The first-order valence-electron chi connectivity index (χ1n) is 5.81. The molecule has 0 aliphatic heterocycles. The van der Waals surface area contributed by atoms with Gasteiger partial charge in [-0.2, -0.15) is 0 Å². The number of rotatable bonds is 5. The first-order chi connectivity index (χ1) is 8.06. The minimum Gasteiger partial charge on any atom is -0.478 e. The summed E-state index contributed by atoms with van der Waals surface area (Å²) in [6.45, 7) is 2.08. The zero-order valence-electron chi connectivity index (χ0n) is 9.81. The van der Waals surface area contributed by atoms with Gasteiger partial charge >= 0.3 is 5.97 Å². The van der Waals surface area contributed by atoms with Crippen molar-refractivity contribution in [3.8, 4) is 0 Å². The number of carboxylic acid groups (broad SMARTS) is 1. The third-order valence-electron chi connectivity index (χ3n) is 2.94. The van der Waals surface area contributed by atoms with Crippen molar-refractivity contribution in [1.29, 1.82) is 0 Å². The van der Waals surface area contributed by atoms with Crippen LogP contribution >= 0.6 is 0 Å². The molecule has 1 aliphatic carbocycles. The Morgan fingerprint density at radius 2 is 2.41 bits per heavy atom. The number of nitrogens with zero attached hydrogens (tertiary/aromatic N) is 1. The maximum absolute atomic E-state index is 10.9. The van der Waals surface area contributed by atoms with Gasteiger partial charge in [0.1, 0.15) is 5.82 Å². The van der Waals surface area contributed by atoms with Crippen molar-refractivity contribution in [2.75, 3.05) is 11.1 Å². The largest absolute Gasteiger partial charge is 0.478 e. The molecule has 1 aromatic heterocycles. The smallest absolute Gasteiger partial charge is 0.337 e. The number of aromatic nitrogens is 1. The molecule has 5 nitrogen and oxygen atoms in total. The van der Waals surface area contributed by atoms with E-state index in [2.05, 4.69) is 17.2 Å². The molecule has 1 unspecified atom stereocenters. The van der Waals surface area contributed by atoms with E-state index in [9.17, 15) is 4.79 Å². The van der Waals surface area contributed by atoms with Crippen molar-refractivity contribution < 1.29 is 9.90 Å². The van der Waals surface area contributed by atoms with E-state index < -0.39 is 5.97 Å². The van der Waals surface area contributed by atoms with Gasteiger partial charge < -0.3 is 16.2 Å². The summed E-state index contributed by atoms with van der Waals surface area (Å²) in [4.78, 5) is 15.0. The van der Waals surface area contributed by atoms with Gasteiger partial charge in [-0.25, -0.2) is 9.78 Å². The molecule has 1 atom stereocenters. The summed E-state index contributed by atoms with van der Waals surface area (Å²) in [5.41, 5.74) is 5.83. The van der Waals surface area contributed by atoms with Crippen molar-refractivity contribution >= 4 is 17.5 Å². The van der Waals surface area contributed by atoms with E-state index in [1.54, 1.807) is 0 Å². The van der Waals surface area contributed by atoms with E-state index in [1.807, 2.05) is 0 Å². The van der Waals surface area contributed by atoms with E-state index in [4.69, 9.17) is 10.8 Å². The van der Waals surface area contributed by atoms with Gasteiger partial charge in [-0.3, -0.25) is 0 Å². The lowest BCUT2D eigenvalue weighted by Crippen LogP contribution is -2.17. The van der Waals surface area contributed by atoms with Crippen LogP contribution in [0.5, 0.6) is 0 Å². The zero-order chi connectivity index (χ0) is 12.4. The lowest BCUT2D eigenvalue weighted by atomic mass is 10.1. The summed E-state index contributed by atoms with van der Waals surface area (Å²) in [7, 11) is 0. The van der Waals surface area contributed by atoms with Gasteiger partial charge in [-0.1, -0.05) is 12.8 Å². The van der Waals surface area contributed by atoms with Crippen LogP contribution in [0.25, 0.3) is 0 Å². The van der Waals surface area contributed by atoms with Crippen LogP contribution in [0.15, 0.2) is 12.3 Å².